The van der Waals surface area contributed by atoms with Gasteiger partial charge in [-0.15, -0.1) is 0 Å². The first-order valence-corrected chi connectivity index (χ1v) is 6.90. The van der Waals surface area contributed by atoms with Crippen molar-refractivity contribution < 1.29 is 4.74 Å². The molecular formula is C16H19ClN2O. The molecule has 1 aromatic heterocycles. The zero-order valence-corrected chi connectivity index (χ0v) is 13.0. The van der Waals surface area contributed by atoms with Gasteiger partial charge in [0.25, 0.3) is 0 Å². The first kappa shape index (κ1) is 14.7. The molecule has 0 spiro atoms. The minimum atomic E-state index is -0.0441. The van der Waals surface area contributed by atoms with E-state index in [0.29, 0.717) is 10.9 Å². The van der Waals surface area contributed by atoms with Gasteiger partial charge in [0.1, 0.15) is 11.6 Å². The summed E-state index contributed by atoms with van der Waals surface area (Å²) >= 11 is 5.99. The van der Waals surface area contributed by atoms with Crippen LogP contribution in [-0.2, 0) is 0 Å². The lowest BCUT2D eigenvalue weighted by molar-refractivity contribution is 0.459. The lowest BCUT2D eigenvalue weighted by Gasteiger charge is -2.21. The van der Waals surface area contributed by atoms with Crippen LogP contribution in [0.1, 0.15) is 26.3 Å². The van der Waals surface area contributed by atoms with Gasteiger partial charge in [0.15, 0.2) is 0 Å². The third-order valence-electron chi connectivity index (χ3n) is 2.59. The normalized spacial score (nSPS) is 11.2. The molecule has 2 rings (SSSR count). The second-order valence-corrected chi connectivity index (χ2v) is 6.18. The van der Waals surface area contributed by atoms with Crippen molar-refractivity contribution in [1.82, 2.24) is 4.98 Å². The summed E-state index contributed by atoms with van der Waals surface area (Å²) in [6, 6.07) is 11.2. The fraction of sp³-hybridized carbons (Fsp3) is 0.312. The number of anilines is 1. The average Bonchev–Trinajstić information content (AvgIpc) is 2.32. The number of halogens is 1. The van der Waals surface area contributed by atoms with Crippen molar-refractivity contribution in [2.75, 3.05) is 5.32 Å². The molecular weight excluding hydrogens is 272 g/mol. The predicted molar refractivity (Wildman–Crippen MR) is 83.9 cm³/mol. The smallest absolute Gasteiger partial charge is 0.221 e. The number of aryl methyl sites for hydroxylation is 1. The highest BCUT2D eigenvalue weighted by Crippen LogP contribution is 2.27. The number of nitrogens with zero attached hydrogens (tertiary/aromatic N) is 1. The number of nitrogens with one attached hydrogen (secondary N) is 1. The van der Waals surface area contributed by atoms with Crippen molar-refractivity contribution in [1.29, 1.82) is 0 Å². The van der Waals surface area contributed by atoms with E-state index in [1.54, 1.807) is 6.07 Å². The fourth-order valence-corrected chi connectivity index (χ4v) is 1.88. The Morgan fingerprint density at radius 3 is 2.60 bits per heavy atom. The molecule has 2 aromatic rings. The Bertz CT molecular complexity index is 606. The zero-order valence-electron chi connectivity index (χ0n) is 12.2. The molecule has 3 nitrogen and oxygen atoms in total. The summed E-state index contributed by atoms with van der Waals surface area (Å²) in [7, 11) is 0. The number of hydrogen-bond acceptors (Lipinski definition) is 3. The molecule has 0 atom stereocenters. The van der Waals surface area contributed by atoms with E-state index in [1.165, 1.54) is 0 Å². The minimum absolute atomic E-state index is 0.0441. The van der Waals surface area contributed by atoms with Gasteiger partial charge in [-0.3, -0.25) is 0 Å². The third-order valence-corrected chi connectivity index (χ3v) is 2.83. The van der Waals surface area contributed by atoms with E-state index >= 15 is 0 Å². The summed E-state index contributed by atoms with van der Waals surface area (Å²) in [6.45, 7) is 8.24. The second kappa shape index (κ2) is 5.71. The van der Waals surface area contributed by atoms with Gasteiger partial charge in [-0.2, -0.15) is 4.98 Å². The van der Waals surface area contributed by atoms with Gasteiger partial charge in [0.2, 0.25) is 5.88 Å². The van der Waals surface area contributed by atoms with Crippen molar-refractivity contribution in [3.63, 3.8) is 0 Å². The van der Waals surface area contributed by atoms with Gasteiger partial charge in [0.05, 0.1) is 0 Å². The Balaban J connectivity index is 2.21. The molecule has 1 heterocycles. The van der Waals surface area contributed by atoms with Crippen LogP contribution in [0.3, 0.4) is 0 Å². The Kier molecular flexibility index (Phi) is 4.19. The van der Waals surface area contributed by atoms with Crippen LogP contribution in [0.4, 0.5) is 5.82 Å². The SMILES string of the molecule is Cc1ccc(Cl)cc1Oc1cccc(NC(C)(C)C)n1. The molecule has 0 saturated heterocycles. The first-order chi connectivity index (χ1) is 9.33. The summed E-state index contributed by atoms with van der Waals surface area (Å²) in [5.74, 6) is 2.05. The Labute approximate surface area is 124 Å². The summed E-state index contributed by atoms with van der Waals surface area (Å²) in [4.78, 5) is 4.45. The number of pyridine rings is 1. The van der Waals surface area contributed by atoms with Gasteiger partial charge in [0, 0.05) is 16.6 Å². The largest absolute Gasteiger partial charge is 0.439 e. The van der Waals surface area contributed by atoms with Crippen molar-refractivity contribution in [3.8, 4) is 11.6 Å². The van der Waals surface area contributed by atoms with Crippen LogP contribution in [0.15, 0.2) is 36.4 Å². The molecule has 1 aromatic carbocycles. The van der Waals surface area contributed by atoms with Gasteiger partial charge < -0.3 is 10.1 Å². The quantitative estimate of drug-likeness (QED) is 0.859. The molecule has 0 radical (unpaired) electrons. The maximum atomic E-state index is 5.99. The number of benzene rings is 1. The van der Waals surface area contributed by atoms with Crippen molar-refractivity contribution in [2.45, 2.75) is 33.2 Å². The maximum absolute atomic E-state index is 5.99. The lowest BCUT2D eigenvalue weighted by Crippen LogP contribution is -2.26. The number of hydrogen-bond donors (Lipinski definition) is 1. The fourth-order valence-electron chi connectivity index (χ4n) is 1.72. The van der Waals surface area contributed by atoms with E-state index in [0.717, 1.165) is 17.1 Å². The second-order valence-electron chi connectivity index (χ2n) is 5.75. The first-order valence-electron chi connectivity index (χ1n) is 6.53. The standard InChI is InChI=1S/C16H19ClN2O/c1-11-8-9-12(17)10-13(11)20-15-7-5-6-14(18-15)19-16(2,3)4/h5-10H,1-4H3,(H,18,19). The molecule has 0 aliphatic rings. The van der Waals surface area contributed by atoms with E-state index in [4.69, 9.17) is 16.3 Å². The van der Waals surface area contributed by atoms with Crippen LogP contribution in [0.25, 0.3) is 0 Å². The number of aromatic nitrogens is 1. The van der Waals surface area contributed by atoms with Crippen LogP contribution < -0.4 is 10.1 Å². The van der Waals surface area contributed by atoms with Crippen LogP contribution in [0, 0.1) is 6.92 Å². The van der Waals surface area contributed by atoms with Crippen LogP contribution >= 0.6 is 11.6 Å². The van der Waals surface area contributed by atoms with Crippen molar-refractivity contribution >= 4 is 17.4 Å². The Morgan fingerprint density at radius 2 is 1.90 bits per heavy atom. The van der Waals surface area contributed by atoms with Crippen molar-refractivity contribution in [3.05, 3.63) is 47.0 Å². The van der Waals surface area contributed by atoms with Crippen LogP contribution in [0.5, 0.6) is 11.6 Å². The highest BCUT2D eigenvalue weighted by atomic mass is 35.5. The van der Waals surface area contributed by atoms with E-state index < -0.39 is 0 Å². The maximum Gasteiger partial charge on any atom is 0.221 e. The summed E-state index contributed by atoms with van der Waals surface area (Å²) < 4.78 is 5.81. The summed E-state index contributed by atoms with van der Waals surface area (Å²) in [5, 5.41) is 3.96. The monoisotopic (exact) mass is 290 g/mol. The summed E-state index contributed by atoms with van der Waals surface area (Å²) in [5.41, 5.74) is 0.975. The van der Waals surface area contributed by atoms with Crippen LogP contribution in [0.2, 0.25) is 5.02 Å². The Morgan fingerprint density at radius 1 is 1.15 bits per heavy atom. The highest BCUT2D eigenvalue weighted by molar-refractivity contribution is 6.30. The minimum Gasteiger partial charge on any atom is -0.439 e. The van der Waals surface area contributed by atoms with Gasteiger partial charge in [-0.1, -0.05) is 23.7 Å². The Hall–Kier alpha value is -1.74. The van der Waals surface area contributed by atoms with Gasteiger partial charge in [-0.25, -0.2) is 0 Å². The number of rotatable bonds is 3. The lowest BCUT2D eigenvalue weighted by atomic mass is 10.1. The van der Waals surface area contributed by atoms with E-state index in [9.17, 15) is 0 Å². The molecule has 20 heavy (non-hydrogen) atoms. The highest BCUT2D eigenvalue weighted by Gasteiger charge is 2.11. The van der Waals surface area contributed by atoms with Crippen LogP contribution in [-0.4, -0.2) is 10.5 Å². The molecule has 0 unspecified atom stereocenters. The molecule has 4 heteroatoms. The average molecular weight is 291 g/mol. The molecule has 0 saturated carbocycles. The van der Waals surface area contributed by atoms with E-state index in [-0.39, 0.29) is 5.54 Å². The zero-order chi connectivity index (χ0) is 14.8. The molecule has 0 amide bonds. The third kappa shape index (κ3) is 4.14. The molecule has 0 aliphatic carbocycles. The number of ether oxygens (including phenoxy) is 1. The van der Waals surface area contributed by atoms with E-state index in [2.05, 4.69) is 31.1 Å². The molecule has 0 fully saturated rings. The predicted octanol–water partition coefficient (Wildman–Crippen LogP) is 5.05. The van der Waals surface area contributed by atoms with Gasteiger partial charge in [-0.05, 0) is 51.5 Å². The van der Waals surface area contributed by atoms with E-state index in [1.807, 2.05) is 37.3 Å². The van der Waals surface area contributed by atoms with Gasteiger partial charge >= 0.3 is 0 Å². The molecule has 106 valence electrons. The van der Waals surface area contributed by atoms with Crippen molar-refractivity contribution in [2.24, 2.45) is 0 Å². The molecule has 1 N–H and O–H groups in total. The summed E-state index contributed by atoms with van der Waals surface area (Å²) in [6.07, 6.45) is 0. The molecule has 0 bridgehead atoms. The topological polar surface area (TPSA) is 34.1 Å². The molecule has 0 aliphatic heterocycles.